The minimum atomic E-state index is -0.716. The number of hydrogen-bond acceptors (Lipinski definition) is 2. The molecule has 0 unspecified atom stereocenters. The van der Waals surface area contributed by atoms with Crippen molar-refractivity contribution in [2.24, 2.45) is 0 Å². The van der Waals surface area contributed by atoms with Crippen LogP contribution in [0, 0.1) is 6.57 Å². The quantitative estimate of drug-likeness (QED) is 0.143. The fourth-order valence-electron chi connectivity index (χ4n) is 9.60. The smallest absolute Gasteiger partial charge is 0.195 e. The van der Waals surface area contributed by atoms with Crippen LogP contribution in [0.3, 0.4) is 0 Å². The van der Waals surface area contributed by atoms with E-state index in [0.29, 0.717) is 11.5 Å². The van der Waals surface area contributed by atoms with Gasteiger partial charge in [0.15, 0.2) is 11.5 Å². The van der Waals surface area contributed by atoms with Crippen molar-refractivity contribution in [3.8, 4) is 78.4 Å². The van der Waals surface area contributed by atoms with Gasteiger partial charge in [-0.2, -0.15) is 0 Å². The van der Waals surface area contributed by atoms with E-state index in [1.165, 1.54) is 11.1 Å². The van der Waals surface area contributed by atoms with Gasteiger partial charge in [0, 0.05) is 16.7 Å². The Morgan fingerprint density at radius 1 is 0.349 bits per heavy atom. The first-order valence-corrected chi connectivity index (χ1v) is 21.3. The first kappa shape index (κ1) is 37.5. The molecule has 0 radical (unpaired) electrons. The van der Waals surface area contributed by atoms with Crippen molar-refractivity contribution in [1.82, 2.24) is 9.97 Å². The Bertz CT molecular complexity index is 3160. The molecular weight excluding hydrogens is 763 g/mol. The van der Waals surface area contributed by atoms with E-state index < -0.39 is 5.41 Å². The van der Waals surface area contributed by atoms with Gasteiger partial charge in [0.25, 0.3) is 0 Å². The van der Waals surface area contributed by atoms with Crippen LogP contribution in [-0.4, -0.2) is 9.97 Å². The Labute approximate surface area is 368 Å². The standard InChI is InChI=1S/C60H39N3/c1-61-54-31-17-30-53-57(54)52-29-16-28-50(58(52)60(53,47-22-10-4-11-23-47)48-24-12-5-13-25-48)49-26-14-15-27-51(49)59-62-55(45-36-32-43(33-37-45)41-18-6-2-7-19-41)40-56(63-59)46-38-34-44(35-39-46)42-20-8-3-9-21-42/h2-40H. The van der Waals surface area contributed by atoms with Crippen LogP contribution in [0.25, 0.3) is 83.3 Å². The molecule has 0 fully saturated rings. The molecule has 0 aliphatic heterocycles. The average Bonchev–Trinajstić information content (AvgIpc) is 3.69. The lowest BCUT2D eigenvalue weighted by atomic mass is 9.66. The molecule has 9 aromatic carbocycles. The summed E-state index contributed by atoms with van der Waals surface area (Å²) in [4.78, 5) is 14.9. The first-order chi connectivity index (χ1) is 31.2. The number of fused-ring (bicyclic) bond motifs is 3. The van der Waals surface area contributed by atoms with E-state index >= 15 is 0 Å². The molecule has 0 saturated heterocycles. The highest BCUT2D eigenvalue weighted by Crippen LogP contribution is 2.61. The van der Waals surface area contributed by atoms with Crippen molar-refractivity contribution in [2.45, 2.75) is 5.41 Å². The Morgan fingerprint density at radius 2 is 0.762 bits per heavy atom. The zero-order valence-corrected chi connectivity index (χ0v) is 34.4. The van der Waals surface area contributed by atoms with Crippen molar-refractivity contribution >= 4 is 5.69 Å². The molecule has 294 valence electrons. The maximum Gasteiger partial charge on any atom is 0.195 e. The Hall–Kier alpha value is -8.45. The van der Waals surface area contributed by atoms with Crippen LogP contribution >= 0.6 is 0 Å². The van der Waals surface area contributed by atoms with Crippen LogP contribution in [0.4, 0.5) is 5.69 Å². The molecule has 0 amide bonds. The topological polar surface area (TPSA) is 30.1 Å². The highest BCUT2D eigenvalue weighted by atomic mass is 14.9. The van der Waals surface area contributed by atoms with E-state index in [4.69, 9.17) is 16.5 Å². The van der Waals surface area contributed by atoms with Crippen molar-refractivity contribution in [1.29, 1.82) is 0 Å². The van der Waals surface area contributed by atoms with Gasteiger partial charge in [-0.05, 0) is 72.8 Å². The zero-order chi connectivity index (χ0) is 42.2. The van der Waals surface area contributed by atoms with Gasteiger partial charge in [-0.25, -0.2) is 14.8 Å². The van der Waals surface area contributed by atoms with Crippen molar-refractivity contribution in [2.75, 3.05) is 0 Å². The highest BCUT2D eigenvalue weighted by Gasteiger charge is 2.48. The highest BCUT2D eigenvalue weighted by molar-refractivity contribution is 5.99. The number of hydrogen-bond donors (Lipinski definition) is 0. The molecule has 10 aromatic rings. The third kappa shape index (κ3) is 6.45. The minimum Gasteiger partial charge on any atom is -0.238 e. The number of aromatic nitrogens is 2. The van der Waals surface area contributed by atoms with Gasteiger partial charge in [0.2, 0.25) is 0 Å². The molecule has 1 aliphatic carbocycles. The summed E-state index contributed by atoms with van der Waals surface area (Å²) < 4.78 is 0. The largest absolute Gasteiger partial charge is 0.238 e. The van der Waals surface area contributed by atoms with E-state index in [1.54, 1.807) is 0 Å². The Kier molecular flexibility index (Phi) is 9.45. The summed E-state index contributed by atoms with van der Waals surface area (Å²) in [5.41, 5.74) is 17.8. The van der Waals surface area contributed by atoms with E-state index in [2.05, 4.69) is 217 Å². The van der Waals surface area contributed by atoms with Crippen LogP contribution in [0.15, 0.2) is 237 Å². The maximum atomic E-state index is 8.36. The van der Waals surface area contributed by atoms with E-state index in [-0.39, 0.29) is 0 Å². The molecule has 3 heteroatoms. The second-order valence-electron chi connectivity index (χ2n) is 15.9. The lowest BCUT2D eigenvalue weighted by Crippen LogP contribution is -2.29. The van der Waals surface area contributed by atoms with E-state index in [0.717, 1.165) is 83.7 Å². The van der Waals surface area contributed by atoms with Gasteiger partial charge in [-0.3, -0.25) is 0 Å². The SMILES string of the molecule is [C-]#[N+]c1cccc2c1-c1cccc(-c3ccccc3-c3nc(-c4ccc(-c5ccccc5)cc4)cc(-c4ccc(-c5ccccc5)cc4)n3)c1C2(c1ccccc1)c1ccccc1. The third-order valence-corrected chi connectivity index (χ3v) is 12.4. The fourth-order valence-corrected chi connectivity index (χ4v) is 9.60. The third-order valence-electron chi connectivity index (χ3n) is 12.4. The number of benzene rings is 9. The second-order valence-corrected chi connectivity index (χ2v) is 15.9. The molecule has 3 nitrogen and oxygen atoms in total. The summed E-state index contributed by atoms with van der Waals surface area (Å²) in [5.74, 6) is 0.636. The molecule has 1 aromatic heterocycles. The van der Waals surface area contributed by atoms with Gasteiger partial charge in [-0.15, -0.1) is 0 Å². The first-order valence-electron chi connectivity index (χ1n) is 21.3. The molecule has 0 atom stereocenters. The molecule has 11 rings (SSSR count). The van der Waals surface area contributed by atoms with Gasteiger partial charge in [-0.1, -0.05) is 231 Å². The Morgan fingerprint density at radius 3 is 1.29 bits per heavy atom. The fraction of sp³-hybridized carbons (Fsp3) is 0.0167. The molecule has 0 saturated carbocycles. The summed E-state index contributed by atoms with van der Waals surface area (Å²) in [5, 5.41) is 0. The van der Waals surface area contributed by atoms with Crippen LogP contribution < -0.4 is 0 Å². The van der Waals surface area contributed by atoms with Gasteiger partial charge in [0.1, 0.15) is 0 Å². The second kappa shape index (κ2) is 15.9. The summed E-state index contributed by atoms with van der Waals surface area (Å²) in [6.45, 7) is 8.36. The monoisotopic (exact) mass is 801 g/mol. The summed E-state index contributed by atoms with van der Waals surface area (Å²) >= 11 is 0. The van der Waals surface area contributed by atoms with Crippen molar-refractivity contribution < 1.29 is 0 Å². The van der Waals surface area contributed by atoms with Crippen LogP contribution in [0.1, 0.15) is 22.3 Å². The zero-order valence-electron chi connectivity index (χ0n) is 34.4. The maximum absolute atomic E-state index is 8.36. The predicted molar refractivity (Wildman–Crippen MR) is 258 cm³/mol. The summed E-state index contributed by atoms with van der Waals surface area (Å²) in [6, 6.07) is 83.1. The predicted octanol–water partition coefficient (Wildman–Crippen LogP) is 15.4. The molecule has 1 heterocycles. The molecule has 0 N–H and O–H groups in total. The lowest BCUT2D eigenvalue weighted by Gasteiger charge is -2.35. The molecule has 0 spiro atoms. The van der Waals surface area contributed by atoms with Crippen molar-refractivity contribution in [3.63, 3.8) is 0 Å². The molecule has 1 aliphatic rings. The van der Waals surface area contributed by atoms with Gasteiger partial charge < -0.3 is 0 Å². The van der Waals surface area contributed by atoms with E-state index in [9.17, 15) is 0 Å². The Balaban J connectivity index is 1.14. The minimum absolute atomic E-state index is 0.636. The van der Waals surface area contributed by atoms with Gasteiger partial charge in [0.05, 0.1) is 23.4 Å². The lowest BCUT2D eigenvalue weighted by molar-refractivity contribution is 0.770. The van der Waals surface area contributed by atoms with Crippen LogP contribution in [0.2, 0.25) is 0 Å². The number of rotatable bonds is 8. The van der Waals surface area contributed by atoms with Crippen LogP contribution in [-0.2, 0) is 5.41 Å². The molecule has 63 heavy (non-hydrogen) atoms. The van der Waals surface area contributed by atoms with Gasteiger partial charge >= 0.3 is 0 Å². The van der Waals surface area contributed by atoms with Crippen LogP contribution in [0.5, 0.6) is 0 Å². The van der Waals surface area contributed by atoms with E-state index in [1.807, 2.05) is 24.3 Å². The van der Waals surface area contributed by atoms with Crippen molar-refractivity contribution in [3.05, 3.63) is 270 Å². The number of nitrogens with zero attached hydrogens (tertiary/aromatic N) is 3. The molecular formula is C60H39N3. The molecule has 0 bridgehead atoms. The summed E-state index contributed by atoms with van der Waals surface area (Å²) in [7, 11) is 0. The average molecular weight is 802 g/mol. The summed E-state index contributed by atoms with van der Waals surface area (Å²) in [6.07, 6.45) is 0. The normalized spacial score (nSPS) is 12.2.